The molecule has 140 valence electrons. The maximum Gasteiger partial charge on any atom is 0.310 e. The highest BCUT2D eigenvalue weighted by atomic mass is 32.5. The molecule has 0 atom stereocenters. The van der Waals surface area contributed by atoms with Crippen LogP contribution in [0.1, 0.15) is 63.9 Å². The van der Waals surface area contributed by atoms with Crippen molar-refractivity contribution >= 4 is 10.2 Å². The van der Waals surface area contributed by atoms with Gasteiger partial charge in [-0.25, -0.2) is 0 Å². The van der Waals surface area contributed by atoms with Crippen LogP contribution in [-0.2, 0) is 6.42 Å². The lowest BCUT2D eigenvalue weighted by molar-refractivity contribution is 0.250. The Bertz CT molecular complexity index is 526. The second-order valence-corrected chi connectivity index (χ2v) is 9.59. The molecule has 1 aromatic rings. The first-order chi connectivity index (χ1) is 11.0. The largest absolute Gasteiger partial charge is 0.310 e. The van der Waals surface area contributed by atoms with Gasteiger partial charge in [0.25, 0.3) is 0 Å². The Morgan fingerprint density at radius 1 is 0.833 bits per heavy atom. The molecule has 24 heavy (non-hydrogen) atoms. The fourth-order valence-electron chi connectivity index (χ4n) is 3.59. The molecule has 0 radical (unpaired) electrons. The van der Waals surface area contributed by atoms with Crippen LogP contribution in [0.25, 0.3) is 0 Å². The molecule has 0 N–H and O–H groups in total. The minimum Gasteiger partial charge on any atom is -0.0936 e. The van der Waals surface area contributed by atoms with E-state index in [-0.39, 0.29) is 0 Å². The Balaban J connectivity index is 1.82. The molecule has 1 aromatic carbocycles. The molecule has 1 aliphatic carbocycles. The number of benzene rings is 1. The average Bonchev–Trinajstić information content (AvgIpc) is 2.50. The van der Waals surface area contributed by atoms with Gasteiger partial charge in [-0.15, -0.1) is 0 Å². The van der Waals surface area contributed by atoms with Crippen LogP contribution in [0.5, 0.6) is 0 Å². The van der Waals surface area contributed by atoms with Crippen molar-refractivity contribution in [3.63, 3.8) is 0 Å². The van der Waals surface area contributed by atoms with Crippen LogP contribution in [0.2, 0.25) is 0 Å². The van der Waals surface area contributed by atoms with Crippen molar-refractivity contribution in [2.75, 3.05) is 0 Å². The van der Waals surface area contributed by atoms with Gasteiger partial charge in [0.2, 0.25) is 0 Å². The standard InChI is InChI=1S/C18H27F5S/c1-2-3-4-15-5-7-16(8-6-15)9-10-17-11-13-18(14-12-17)24(19,20,21,22)23/h11-16H,2-10H2,1H3/t15-,16-. The molecular weight excluding hydrogens is 343 g/mol. The summed E-state index contributed by atoms with van der Waals surface area (Å²) in [4.78, 5) is -1.80. The maximum atomic E-state index is 12.7. The molecular formula is C18H27F5S. The smallest absolute Gasteiger partial charge is 0.0936 e. The Morgan fingerprint density at radius 3 is 1.79 bits per heavy atom. The second kappa shape index (κ2) is 6.50. The van der Waals surface area contributed by atoms with E-state index in [1.54, 1.807) is 0 Å². The quantitative estimate of drug-likeness (QED) is 0.424. The molecule has 0 aliphatic heterocycles. The zero-order valence-electron chi connectivity index (χ0n) is 14.1. The molecule has 1 aliphatic rings. The van der Waals surface area contributed by atoms with Crippen molar-refractivity contribution < 1.29 is 19.4 Å². The molecule has 0 spiro atoms. The SMILES string of the molecule is CCCC[C@H]1CC[C@H](CCc2ccc(S(F)(F)(F)(F)F)cc2)CC1. The van der Waals surface area contributed by atoms with Crippen LogP contribution >= 0.6 is 10.2 Å². The van der Waals surface area contributed by atoms with Crippen molar-refractivity contribution in [2.45, 2.75) is 69.6 Å². The molecule has 0 nitrogen and oxygen atoms in total. The molecule has 2 rings (SSSR count). The summed E-state index contributed by atoms with van der Waals surface area (Å²) in [6.45, 7) is 2.20. The van der Waals surface area contributed by atoms with E-state index in [9.17, 15) is 19.4 Å². The van der Waals surface area contributed by atoms with E-state index in [2.05, 4.69) is 6.92 Å². The van der Waals surface area contributed by atoms with Crippen molar-refractivity contribution in [1.29, 1.82) is 0 Å². The van der Waals surface area contributed by atoms with Crippen LogP contribution in [0.15, 0.2) is 29.2 Å². The highest BCUT2D eigenvalue weighted by Gasteiger charge is 2.65. The lowest BCUT2D eigenvalue weighted by Gasteiger charge is -2.40. The average molecular weight is 370 g/mol. The molecule has 0 bridgehead atoms. The summed E-state index contributed by atoms with van der Waals surface area (Å²) < 4.78 is 63.4. The maximum absolute atomic E-state index is 12.7. The molecule has 0 saturated heterocycles. The lowest BCUT2D eigenvalue weighted by Crippen LogP contribution is -2.15. The van der Waals surface area contributed by atoms with Gasteiger partial charge >= 0.3 is 10.2 Å². The third-order valence-corrected chi connectivity index (χ3v) is 6.31. The van der Waals surface area contributed by atoms with Crippen molar-refractivity contribution in [1.82, 2.24) is 0 Å². The monoisotopic (exact) mass is 370 g/mol. The van der Waals surface area contributed by atoms with Crippen LogP contribution in [0, 0.1) is 11.8 Å². The molecule has 0 heterocycles. The molecule has 0 aromatic heterocycles. The molecule has 0 amide bonds. The number of rotatable bonds is 7. The predicted octanol–water partition coefficient (Wildman–Crippen LogP) is 8.27. The second-order valence-electron chi connectivity index (χ2n) is 7.18. The van der Waals surface area contributed by atoms with Gasteiger partial charge in [0.1, 0.15) is 4.90 Å². The van der Waals surface area contributed by atoms with Crippen molar-refractivity contribution in [3.05, 3.63) is 29.8 Å². The van der Waals surface area contributed by atoms with Gasteiger partial charge < -0.3 is 0 Å². The Hall–Kier alpha value is -0.780. The first kappa shape index (κ1) is 19.5. The minimum absolute atomic E-state index is 0.526. The summed E-state index contributed by atoms with van der Waals surface area (Å²) in [7, 11) is -9.54. The summed E-state index contributed by atoms with van der Waals surface area (Å²) in [5.74, 6) is 1.44. The summed E-state index contributed by atoms with van der Waals surface area (Å²) >= 11 is 0. The van der Waals surface area contributed by atoms with E-state index in [1.165, 1.54) is 57.1 Å². The number of halogens is 5. The van der Waals surface area contributed by atoms with Crippen molar-refractivity contribution in [3.8, 4) is 0 Å². The van der Waals surface area contributed by atoms with E-state index < -0.39 is 15.1 Å². The summed E-state index contributed by atoms with van der Waals surface area (Å²) in [5.41, 5.74) is 0.703. The van der Waals surface area contributed by atoms with E-state index >= 15 is 0 Å². The first-order valence-electron chi connectivity index (χ1n) is 8.81. The Kier molecular flexibility index (Phi) is 5.30. The van der Waals surface area contributed by atoms with Crippen LogP contribution in [0.4, 0.5) is 19.4 Å². The Morgan fingerprint density at radius 2 is 1.33 bits per heavy atom. The number of unbranched alkanes of at least 4 members (excludes halogenated alkanes) is 1. The highest BCUT2D eigenvalue weighted by molar-refractivity contribution is 8.45. The Labute approximate surface area is 141 Å². The summed E-state index contributed by atoms with van der Waals surface area (Å²) in [6, 6.07) is 3.44. The molecule has 1 fully saturated rings. The van der Waals surface area contributed by atoms with Crippen molar-refractivity contribution in [2.24, 2.45) is 11.8 Å². The van der Waals surface area contributed by atoms with E-state index in [1.807, 2.05) is 0 Å². The third kappa shape index (κ3) is 5.94. The fourth-order valence-corrected chi connectivity index (χ4v) is 4.24. The van der Waals surface area contributed by atoms with E-state index in [4.69, 9.17) is 0 Å². The predicted molar refractivity (Wildman–Crippen MR) is 91.1 cm³/mol. The van der Waals surface area contributed by atoms with Gasteiger partial charge in [-0.3, -0.25) is 0 Å². The molecule has 1 saturated carbocycles. The fraction of sp³-hybridized carbons (Fsp3) is 0.667. The van der Waals surface area contributed by atoms with Gasteiger partial charge in [0.15, 0.2) is 0 Å². The zero-order chi connectivity index (χ0) is 17.9. The number of hydrogen-bond donors (Lipinski definition) is 0. The van der Waals surface area contributed by atoms with Crippen LogP contribution in [0.3, 0.4) is 0 Å². The number of hydrogen-bond acceptors (Lipinski definition) is 0. The summed E-state index contributed by atoms with van der Waals surface area (Å²) in [5, 5.41) is 0. The van der Waals surface area contributed by atoms with Gasteiger partial charge in [-0.1, -0.05) is 83.4 Å². The lowest BCUT2D eigenvalue weighted by atomic mass is 9.78. The first-order valence-corrected chi connectivity index (χ1v) is 10.8. The number of aryl methyl sites for hydroxylation is 1. The highest BCUT2D eigenvalue weighted by Crippen LogP contribution is 3.02. The van der Waals surface area contributed by atoms with Crippen LogP contribution < -0.4 is 0 Å². The van der Waals surface area contributed by atoms with Gasteiger partial charge in [-0.2, -0.15) is 0 Å². The minimum atomic E-state index is -9.54. The van der Waals surface area contributed by atoms with E-state index in [0.29, 0.717) is 30.0 Å². The van der Waals surface area contributed by atoms with Crippen LogP contribution in [-0.4, -0.2) is 0 Å². The summed E-state index contributed by atoms with van der Waals surface area (Å²) in [6.07, 6.45) is 10.3. The molecule has 0 unspecified atom stereocenters. The van der Waals surface area contributed by atoms with Gasteiger partial charge in [-0.05, 0) is 42.4 Å². The zero-order valence-corrected chi connectivity index (χ0v) is 14.9. The van der Waals surface area contributed by atoms with Gasteiger partial charge in [0.05, 0.1) is 0 Å². The third-order valence-electron chi connectivity index (χ3n) is 5.14. The normalized spacial score (nSPS) is 25.1. The van der Waals surface area contributed by atoms with E-state index in [0.717, 1.165) is 12.3 Å². The molecule has 6 heteroatoms. The topological polar surface area (TPSA) is 0 Å². The van der Waals surface area contributed by atoms with Gasteiger partial charge in [0, 0.05) is 0 Å².